The molecule has 3 aliphatic rings. The summed E-state index contributed by atoms with van der Waals surface area (Å²) in [6.07, 6.45) is 3.53. The third-order valence-corrected chi connectivity index (χ3v) is 9.24. The Labute approximate surface area is 193 Å². The van der Waals surface area contributed by atoms with E-state index in [0.29, 0.717) is 35.2 Å². The molecule has 0 unspecified atom stereocenters. The minimum atomic E-state index is -3.44. The molecule has 2 bridgehead atoms. The van der Waals surface area contributed by atoms with Crippen LogP contribution in [0.25, 0.3) is 11.1 Å². The molecule has 2 fully saturated rings. The number of benzene rings is 2. The molecule has 2 aliphatic heterocycles. The first-order chi connectivity index (χ1) is 15.8. The zero-order chi connectivity index (χ0) is 23.3. The normalized spacial score (nSPS) is 26.2. The number of nitriles is 1. The molecule has 1 saturated heterocycles. The van der Waals surface area contributed by atoms with E-state index in [0.717, 1.165) is 24.8 Å². The van der Waals surface area contributed by atoms with Crippen LogP contribution in [-0.4, -0.2) is 37.6 Å². The first-order valence-electron chi connectivity index (χ1n) is 11.3. The molecule has 5 rings (SSSR count). The summed E-state index contributed by atoms with van der Waals surface area (Å²) in [7, 11) is -1.90. The lowest BCUT2D eigenvalue weighted by molar-refractivity contribution is -0.122. The van der Waals surface area contributed by atoms with Crippen LogP contribution < -0.4 is 5.32 Å². The summed E-state index contributed by atoms with van der Waals surface area (Å²) in [5.74, 6) is -0.563. The van der Waals surface area contributed by atoms with Crippen molar-refractivity contribution in [3.63, 3.8) is 0 Å². The molecule has 0 spiro atoms. The summed E-state index contributed by atoms with van der Waals surface area (Å²) in [6.45, 7) is 0.293. The fourth-order valence-electron chi connectivity index (χ4n) is 5.53. The lowest BCUT2D eigenvalue weighted by Crippen LogP contribution is -2.42. The number of halogens is 1. The Balaban J connectivity index is 1.30. The molecule has 0 amide bonds. The van der Waals surface area contributed by atoms with E-state index in [2.05, 4.69) is 11.4 Å². The first-order valence-corrected chi connectivity index (χ1v) is 12.8. The van der Waals surface area contributed by atoms with Gasteiger partial charge in [0.15, 0.2) is 5.78 Å². The van der Waals surface area contributed by atoms with Crippen molar-refractivity contribution >= 4 is 15.8 Å². The SMILES string of the molecule is CN1Cc2cc(-c3ccc(C[C@@H](C#N)CC(=O)[C@H]4N[C@@H]5CC[C@H]4C5)c(F)c3)ccc2S1(=O)=O. The highest BCUT2D eigenvalue weighted by Gasteiger charge is 2.42. The molecule has 33 heavy (non-hydrogen) atoms. The molecule has 2 heterocycles. The number of rotatable bonds is 6. The number of piperidine rings is 1. The van der Waals surface area contributed by atoms with Gasteiger partial charge in [0.2, 0.25) is 10.0 Å². The third kappa shape index (κ3) is 3.99. The van der Waals surface area contributed by atoms with Crippen LogP contribution in [0.3, 0.4) is 0 Å². The van der Waals surface area contributed by atoms with Gasteiger partial charge in [-0.25, -0.2) is 12.8 Å². The van der Waals surface area contributed by atoms with E-state index in [-0.39, 0.29) is 29.6 Å². The van der Waals surface area contributed by atoms with Gasteiger partial charge in [-0.3, -0.25) is 4.79 Å². The van der Waals surface area contributed by atoms with E-state index < -0.39 is 21.8 Å². The van der Waals surface area contributed by atoms with Crippen LogP contribution in [0, 0.1) is 29.0 Å². The van der Waals surface area contributed by atoms with Crippen molar-refractivity contribution in [1.29, 1.82) is 5.26 Å². The predicted molar refractivity (Wildman–Crippen MR) is 121 cm³/mol. The van der Waals surface area contributed by atoms with Crippen molar-refractivity contribution in [3.05, 3.63) is 53.3 Å². The quantitative estimate of drug-likeness (QED) is 0.703. The number of ketones is 1. The number of sulfonamides is 1. The molecule has 8 heteroatoms. The second-order valence-corrected chi connectivity index (χ2v) is 11.5. The summed E-state index contributed by atoms with van der Waals surface area (Å²) in [6, 6.07) is 12.3. The van der Waals surface area contributed by atoms with Gasteiger partial charge in [0, 0.05) is 26.1 Å². The predicted octanol–water partition coefficient (Wildman–Crippen LogP) is 3.41. The summed E-state index contributed by atoms with van der Waals surface area (Å²) in [5.41, 5.74) is 2.47. The molecule has 1 N–H and O–H groups in total. The first kappa shape index (κ1) is 22.2. The second kappa shape index (κ2) is 8.32. The summed E-state index contributed by atoms with van der Waals surface area (Å²) < 4.78 is 40.8. The third-order valence-electron chi connectivity index (χ3n) is 7.33. The fraction of sp³-hybridized carbons (Fsp3) is 0.440. The number of nitrogens with one attached hydrogen (secondary N) is 1. The van der Waals surface area contributed by atoms with E-state index in [1.54, 1.807) is 30.3 Å². The van der Waals surface area contributed by atoms with Crippen LogP contribution in [0.15, 0.2) is 41.3 Å². The fourth-order valence-corrected chi connectivity index (χ4v) is 6.87. The molecule has 1 aliphatic carbocycles. The maximum Gasteiger partial charge on any atom is 0.243 e. The average molecular weight is 468 g/mol. The lowest BCUT2D eigenvalue weighted by Gasteiger charge is -2.22. The van der Waals surface area contributed by atoms with Crippen molar-refractivity contribution in [2.75, 3.05) is 7.05 Å². The average Bonchev–Trinajstić information content (AvgIpc) is 3.48. The summed E-state index contributed by atoms with van der Waals surface area (Å²) >= 11 is 0. The highest BCUT2D eigenvalue weighted by Crippen LogP contribution is 2.37. The van der Waals surface area contributed by atoms with Crippen molar-refractivity contribution in [3.8, 4) is 17.2 Å². The van der Waals surface area contributed by atoms with Crippen molar-refractivity contribution in [2.24, 2.45) is 11.8 Å². The molecular weight excluding hydrogens is 441 g/mol. The minimum absolute atomic E-state index is 0.0591. The monoisotopic (exact) mass is 467 g/mol. The number of carbonyl (C=O) groups is 1. The van der Waals surface area contributed by atoms with Crippen molar-refractivity contribution < 1.29 is 17.6 Å². The number of hydrogen-bond acceptors (Lipinski definition) is 5. The standard InChI is InChI=1S/C25H26FN3O3S/c1-29-14-20-10-16(5-7-24(20)33(29,31)32)17-2-3-18(22(26)12-17)8-15(13-27)9-23(30)25-19-4-6-21(11-19)28-25/h2-3,5,7,10,12,15,19,21,25,28H,4,6,8-9,11,14H2,1H3/t15-,19+,21-,25+/m1/s1. The van der Waals surface area contributed by atoms with Gasteiger partial charge in [0.1, 0.15) is 5.82 Å². The van der Waals surface area contributed by atoms with Gasteiger partial charge in [-0.1, -0.05) is 18.2 Å². The summed E-state index contributed by atoms with van der Waals surface area (Å²) in [4.78, 5) is 13.0. The molecule has 0 aromatic heterocycles. The van der Waals surface area contributed by atoms with E-state index in [1.807, 2.05) is 0 Å². The minimum Gasteiger partial charge on any atom is -0.304 e. The number of nitrogens with zero attached hydrogens (tertiary/aromatic N) is 2. The maximum atomic E-state index is 14.9. The molecule has 1 saturated carbocycles. The molecule has 0 radical (unpaired) electrons. The van der Waals surface area contributed by atoms with Crippen LogP contribution in [-0.2, 0) is 27.8 Å². The molecule has 2 aromatic carbocycles. The van der Waals surface area contributed by atoms with Gasteiger partial charge < -0.3 is 5.32 Å². The van der Waals surface area contributed by atoms with E-state index in [1.165, 1.54) is 17.4 Å². The van der Waals surface area contributed by atoms with Gasteiger partial charge in [-0.15, -0.1) is 0 Å². The van der Waals surface area contributed by atoms with Gasteiger partial charge in [-0.2, -0.15) is 9.57 Å². The van der Waals surface area contributed by atoms with Crippen LogP contribution in [0.4, 0.5) is 4.39 Å². The Morgan fingerprint density at radius 1 is 1.24 bits per heavy atom. The zero-order valence-corrected chi connectivity index (χ0v) is 19.2. The van der Waals surface area contributed by atoms with Crippen LogP contribution in [0.2, 0.25) is 0 Å². The van der Waals surface area contributed by atoms with Gasteiger partial charge in [0.25, 0.3) is 0 Å². The van der Waals surface area contributed by atoms with Crippen LogP contribution in [0.5, 0.6) is 0 Å². The van der Waals surface area contributed by atoms with Gasteiger partial charge in [0.05, 0.1) is 22.9 Å². The molecule has 4 atom stereocenters. The second-order valence-electron chi connectivity index (χ2n) is 9.50. The highest BCUT2D eigenvalue weighted by molar-refractivity contribution is 7.89. The highest BCUT2D eigenvalue weighted by atomic mass is 32.2. The number of carbonyl (C=O) groups excluding carboxylic acids is 1. The van der Waals surface area contributed by atoms with E-state index in [4.69, 9.17) is 0 Å². The Morgan fingerprint density at radius 3 is 2.67 bits per heavy atom. The Morgan fingerprint density at radius 2 is 2.00 bits per heavy atom. The Bertz CT molecular complexity index is 1270. The molecule has 172 valence electrons. The summed E-state index contributed by atoms with van der Waals surface area (Å²) in [5, 5.41) is 13.0. The number of Topliss-reactive ketones (excluding diaryl/α,β-unsaturated/α-hetero) is 1. The maximum absolute atomic E-state index is 14.9. The Hall–Kier alpha value is -2.60. The van der Waals surface area contributed by atoms with E-state index >= 15 is 0 Å². The Kier molecular flexibility index (Phi) is 5.60. The molecule has 6 nitrogen and oxygen atoms in total. The van der Waals surface area contributed by atoms with E-state index in [9.17, 15) is 22.9 Å². The van der Waals surface area contributed by atoms with Crippen LogP contribution >= 0.6 is 0 Å². The smallest absolute Gasteiger partial charge is 0.243 e. The van der Waals surface area contributed by atoms with Gasteiger partial charge >= 0.3 is 0 Å². The molecular formula is C25H26FN3O3S. The topological polar surface area (TPSA) is 90.3 Å². The molecule has 2 aromatic rings. The van der Waals surface area contributed by atoms with Crippen molar-refractivity contribution in [2.45, 2.75) is 55.6 Å². The van der Waals surface area contributed by atoms with Crippen LogP contribution in [0.1, 0.15) is 36.8 Å². The number of fused-ring (bicyclic) bond motifs is 3. The van der Waals surface area contributed by atoms with Gasteiger partial charge in [-0.05, 0) is 72.1 Å². The largest absolute Gasteiger partial charge is 0.304 e. The lowest BCUT2D eigenvalue weighted by atomic mass is 9.88. The zero-order valence-electron chi connectivity index (χ0n) is 18.4. The van der Waals surface area contributed by atoms with Crippen molar-refractivity contribution in [1.82, 2.24) is 9.62 Å². The number of hydrogen-bond donors (Lipinski definition) is 1.